The topological polar surface area (TPSA) is 38.7 Å². The summed E-state index contributed by atoms with van der Waals surface area (Å²) in [5.41, 5.74) is 0. The first-order valence-electron chi connectivity index (χ1n) is 4.25. The van der Waals surface area contributed by atoms with Crippen molar-refractivity contribution in [1.82, 2.24) is 0 Å². The molecule has 0 radical (unpaired) electrons. The van der Waals surface area contributed by atoms with Crippen LogP contribution in [0.1, 0.15) is 26.7 Å². The molecular formula is C9H16O3. The van der Waals surface area contributed by atoms with E-state index in [9.17, 15) is 5.11 Å². The highest BCUT2D eigenvalue weighted by atomic mass is 16.7. The van der Waals surface area contributed by atoms with E-state index in [1.807, 2.05) is 6.92 Å². The number of hydrogen-bond donors (Lipinski definition) is 1. The summed E-state index contributed by atoms with van der Waals surface area (Å²) < 4.78 is 10.6. The van der Waals surface area contributed by atoms with Crippen LogP contribution in [0, 0.1) is 0 Å². The van der Waals surface area contributed by atoms with E-state index in [2.05, 4.69) is 6.58 Å². The Morgan fingerprint density at radius 2 is 2.25 bits per heavy atom. The first-order chi connectivity index (χ1) is 5.59. The van der Waals surface area contributed by atoms with Gasteiger partial charge in [-0.2, -0.15) is 0 Å². The summed E-state index contributed by atoms with van der Waals surface area (Å²) in [5, 5.41) is 9.44. The molecule has 1 N–H and O–H groups in total. The average Bonchev–Trinajstić information content (AvgIpc) is 1.96. The van der Waals surface area contributed by atoms with Gasteiger partial charge in [-0.05, 0) is 26.7 Å². The van der Waals surface area contributed by atoms with Gasteiger partial charge in [0, 0.05) is 0 Å². The zero-order valence-electron chi connectivity index (χ0n) is 7.62. The fraction of sp³-hybridized carbons (Fsp3) is 0.778. The number of hydrogen-bond acceptors (Lipinski definition) is 3. The average molecular weight is 172 g/mol. The van der Waals surface area contributed by atoms with Crippen molar-refractivity contribution in [3.05, 3.63) is 12.3 Å². The van der Waals surface area contributed by atoms with Gasteiger partial charge in [-0.3, -0.25) is 0 Å². The number of aliphatic hydroxyl groups excluding tert-OH is 1. The molecule has 0 aromatic heterocycles. The van der Waals surface area contributed by atoms with Crippen molar-refractivity contribution in [3.63, 3.8) is 0 Å². The Kier molecular flexibility index (Phi) is 3.12. The van der Waals surface area contributed by atoms with Crippen molar-refractivity contribution < 1.29 is 14.6 Å². The molecule has 0 aromatic rings. The molecule has 0 aliphatic carbocycles. The quantitative estimate of drug-likeness (QED) is 0.640. The van der Waals surface area contributed by atoms with Gasteiger partial charge in [0.05, 0.1) is 11.9 Å². The van der Waals surface area contributed by atoms with E-state index in [-0.39, 0.29) is 6.10 Å². The molecule has 0 amide bonds. The predicted molar refractivity (Wildman–Crippen MR) is 45.5 cm³/mol. The minimum absolute atomic E-state index is 0.165. The molecule has 1 aliphatic rings. The first-order valence-corrected chi connectivity index (χ1v) is 4.25. The summed E-state index contributed by atoms with van der Waals surface area (Å²) in [7, 11) is 0. The fourth-order valence-corrected chi connectivity index (χ4v) is 1.23. The molecule has 1 heterocycles. The van der Waals surface area contributed by atoms with Gasteiger partial charge >= 0.3 is 0 Å². The van der Waals surface area contributed by atoms with E-state index in [1.54, 1.807) is 6.92 Å². The molecule has 0 saturated carbocycles. The minimum Gasteiger partial charge on any atom is -0.467 e. The fourth-order valence-electron chi connectivity index (χ4n) is 1.23. The second-order valence-electron chi connectivity index (χ2n) is 3.28. The van der Waals surface area contributed by atoms with Crippen molar-refractivity contribution in [2.45, 2.75) is 45.2 Å². The molecule has 3 heteroatoms. The Balaban J connectivity index is 2.43. The highest BCUT2D eigenvalue weighted by Gasteiger charge is 2.28. The zero-order chi connectivity index (χ0) is 9.14. The summed E-state index contributed by atoms with van der Waals surface area (Å²) in [5.74, 6) is 0.577. The zero-order valence-corrected chi connectivity index (χ0v) is 7.62. The lowest BCUT2D eigenvalue weighted by Crippen LogP contribution is -2.39. The van der Waals surface area contributed by atoms with Gasteiger partial charge in [0.15, 0.2) is 0 Å². The van der Waals surface area contributed by atoms with Crippen LogP contribution in [0.15, 0.2) is 12.3 Å². The van der Waals surface area contributed by atoms with Crippen LogP contribution in [-0.2, 0) is 9.47 Å². The van der Waals surface area contributed by atoms with Gasteiger partial charge in [0.2, 0.25) is 6.29 Å². The van der Waals surface area contributed by atoms with Gasteiger partial charge in [0.25, 0.3) is 0 Å². The van der Waals surface area contributed by atoms with E-state index in [0.717, 1.165) is 12.8 Å². The maximum Gasteiger partial charge on any atom is 0.225 e. The second-order valence-corrected chi connectivity index (χ2v) is 3.28. The summed E-state index contributed by atoms with van der Waals surface area (Å²) in [6.45, 7) is 7.31. The number of ether oxygens (including phenoxy) is 2. The Morgan fingerprint density at radius 3 is 2.83 bits per heavy atom. The molecule has 0 aromatic carbocycles. The van der Waals surface area contributed by atoms with E-state index >= 15 is 0 Å². The molecule has 0 bridgehead atoms. The third-order valence-electron chi connectivity index (χ3n) is 1.87. The van der Waals surface area contributed by atoms with Crippen molar-refractivity contribution in [2.75, 3.05) is 0 Å². The van der Waals surface area contributed by atoms with Crippen LogP contribution in [0.2, 0.25) is 0 Å². The largest absolute Gasteiger partial charge is 0.467 e. The second kappa shape index (κ2) is 3.92. The van der Waals surface area contributed by atoms with E-state index in [0.29, 0.717) is 5.76 Å². The summed E-state index contributed by atoms with van der Waals surface area (Å²) in [6.07, 6.45) is 0.748. The minimum atomic E-state index is -0.522. The van der Waals surface area contributed by atoms with Gasteiger partial charge in [-0.15, -0.1) is 0 Å². The van der Waals surface area contributed by atoms with Crippen LogP contribution >= 0.6 is 0 Å². The maximum atomic E-state index is 9.44. The van der Waals surface area contributed by atoms with Crippen molar-refractivity contribution in [1.29, 1.82) is 0 Å². The molecular weight excluding hydrogens is 156 g/mol. The standard InChI is InChI=1S/C9H16O3/c1-6(2)11-9-8(10)5-4-7(3)12-9/h7-10H,1,4-5H2,2-3H3. The highest BCUT2D eigenvalue weighted by molar-refractivity contribution is 4.79. The Morgan fingerprint density at radius 1 is 1.58 bits per heavy atom. The lowest BCUT2D eigenvalue weighted by molar-refractivity contribution is -0.219. The highest BCUT2D eigenvalue weighted by Crippen LogP contribution is 2.21. The number of allylic oxidation sites excluding steroid dienone is 1. The van der Waals surface area contributed by atoms with Gasteiger partial charge in [0.1, 0.15) is 6.10 Å². The van der Waals surface area contributed by atoms with Crippen LogP contribution in [0.5, 0.6) is 0 Å². The Bertz CT molecular complexity index is 167. The molecule has 3 unspecified atom stereocenters. The SMILES string of the molecule is C=C(C)OC1OC(C)CCC1O. The molecule has 12 heavy (non-hydrogen) atoms. The first kappa shape index (κ1) is 9.55. The predicted octanol–water partition coefficient (Wildman–Crippen LogP) is 1.42. The maximum absolute atomic E-state index is 9.44. The lowest BCUT2D eigenvalue weighted by atomic mass is 10.1. The van der Waals surface area contributed by atoms with E-state index in [4.69, 9.17) is 9.47 Å². The van der Waals surface area contributed by atoms with Gasteiger partial charge < -0.3 is 14.6 Å². The van der Waals surface area contributed by atoms with Crippen molar-refractivity contribution >= 4 is 0 Å². The molecule has 70 valence electrons. The summed E-state index contributed by atoms with van der Waals surface area (Å²) in [4.78, 5) is 0. The van der Waals surface area contributed by atoms with Crippen LogP contribution < -0.4 is 0 Å². The lowest BCUT2D eigenvalue weighted by Gasteiger charge is -2.32. The molecule has 1 aliphatic heterocycles. The third-order valence-corrected chi connectivity index (χ3v) is 1.87. The Hall–Kier alpha value is -0.540. The molecule has 3 nitrogen and oxygen atoms in total. The van der Waals surface area contributed by atoms with Gasteiger partial charge in [-0.1, -0.05) is 6.58 Å². The third kappa shape index (κ3) is 2.50. The van der Waals surface area contributed by atoms with E-state index in [1.165, 1.54) is 0 Å². The van der Waals surface area contributed by atoms with Crippen LogP contribution in [0.25, 0.3) is 0 Å². The Labute approximate surface area is 73.0 Å². The summed E-state index contributed by atoms with van der Waals surface area (Å²) >= 11 is 0. The molecule has 1 fully saturated rings. The smallest absolute Gasteiger partial charge is 0.225 e. The molecule has 1 rings (SSSR count). The molecule has 3 atom stereocenters. The van der Waals surface area contributed by atoms with Crippen molar-refractivity contribution in [2.24, 2.45) is 0 Å². The van der Waals surface area contributed by atoms with Crippen LogP contribution in [0.3, 0.4) is 0 Å². The number of rotatable bonds is 2. The summed E-state index contributed by atoms with van der Waals surface area (Å²) in [6, 6.07) is 0. The van der Waals surface area contributed by atoms with E-state index < -0.39 is 12.4 Å². The monoisotopic (exact) mass is 172 g/mol. The van der Waals surface area contributed by atoms with Gasteiger partial charge in [-0.25, -0.2) is 0 Å². The normalized spacial score (nSPS) is 36.1. The molecule has 0 spiro atoms. The number of aliphatic hydroxyl groups is 1. The van der Waals surface area contributed by atoms with Crippen LogP contribution in [0.4, 0.5) is 0 Å². The molecule has 1 saturated heterocycles. The van der Waals surface area contributed by atoms with Crippen molar-refractivity contribution in [3.8, 4) is 0 Å². The van der Waals surface area contributed by atoms with Crippen LogP contribution in [-0.4, -0.2) is 23.6 Å².